The molecule has 0 bridgehead atoms. The zero-order valence-electron chi connectivity index (χ0n) is 24.6. The molecule has 5 heterocycles. The van der Waals surface area contributed by atoms with Gasteiger partial charge in [-0.1, -0.05) is 59.4 Å². The van der Waals surface area contributed by atoms with Gasteiger partial charge in [-0.25, -0.2) is 9.97 Å². The first-order valence-corrected chi connectivity index (χ1v) is 15.8. The number of ether oxygens (including phenoxy) is 1. The number of rotatable bonds is 10. The summed E-state index contributed by atoms with van der Waals surface area (Å²) in [7, 11) is 3.93. The Balaban J connectivity index is 1.18. The van der Waals surface area contributed by atoms with E-state index in [0.717, 1.165) is 58.7 Å². The van der Waals surface area contributed by atoms with Gasteiger partial charge in [0.05, 0.1) is 25.3 Å². The van der Waals surface area contributed by atoms with Gasteiger partial charge in [0.2, 0.25) is 16.0 Å². The molecule has 1 amide bonds. The number of likely N-dealkylation sites (N-methyl/N-ethyl adjacent to an activating group) is 1. The Morgan fingerprint density at radius 2 is 1.95 bits per heavy atom. The number of thiazole rings is 1. The SMILES string of the molecule is CCc1nc2sc(N3CC[C@@H](N(C)CC(=O)N4CC(OC=O)C4)C3)nn2c1N(C)c1nc(-c2ccc(C)cc2)c(C#N)s1. The molecule has 2 fully saturated rings. The van der Waals surface area contributed by atoms with E-state index in [9.17, 15) is 14.9 Å². The molecule has 2 saturated heterocycles. The minimum absolute atomic E-state index is 0.0477. The molecule has 0 aliphatic carbocycles. The molecule has 224 valence electrons. The Bertz CT molecular complexity index is 1680. The van der Waals surface area contributed by atoms with Crippen molar-refractivity contribution in [3.63, 3.8) is 0 Å². The molecule has 2 aliphatic heterocycles. The van der Waals surface area contributed by atoms with Crippen molar-refractivity contribution in [2.24, 2.45) is 0 Å². The predicted octanol–water partition coefficient (Wildman–Crippen LogP) is 3.32. The van der Waals surface area contributed by atoms with Crippen LogP contribution in [0.3, 0.4) is 0 Å². The fourth-order valence-electron chi connectivity index (χ4n) is 5.52. The number of nitrogens with zero attached hydrogens (tertiary/aromatic N) is 9. The molecule has 6 rings (SSSR count). The monoisotopic (exact) mass is 619 g/mol. The minimum Gasteiger partial charge on any atom is -0.461 e. The normalized spacial score (nSPS) is 17.0. The zero-order chi connectivity index (χ0) is 30.2. The fourth-order valence-corrected chi connectivity index (χ4v) is 7.32. The first kappa shape index (κ1) is 29.0. The van der Waals surface area contributed by atoms with E-state index in [4.69, 9.17) is 19.8 Å². The number of likely N-dealkylation sites (tertiary alicyclic amines) is 1. The van der Waals surface area contributed by atoms with Crippen molar-refractivity contribution >= 4 is 56.1 Å². The van der Waals surface area contributed by atoms with Crippen molar-refractivity contribution in [1.29, 1.82) is 5.26 Å². The van der Waals surface area contributed by atoms with Gasteiger partial charge in [-0.05, 0) is 26.8 Å². The van der Waals surface area contributed by atoms with Crippen LogP contribution < -0.4 is 9.80 Å². The number of hydrogen-bond acceptors (Lipinski definition) is 12. The number of aryl methyl sites for hydroxylation is 2. The van der Waals surface area contributed by atoms with Crippen LogP contribution in [0.15, 0.2) is 24.3 Å². The van der Waals surface area contributed by atoms with E-state index in [1.807, 2.05) is 54.7 Å². The number of fused-ring (bicyclic) bond motifs is 1. The van der Waals surface area contributed by atoms with Gasteiger partial charge in [-0.2, -0.15) is 9.78 Å². The molecule has 3 aromatic heterocycles. The maximum Gasteiger partial charge on any atom is 0.293 e. The lowest BCUT2D eigenvalue weighted by atomic mass is 10.1. The maximum absolute atomic E-state index is 12.7. The second kappa shape index (κ2) is 11.9. The highest BCUT2D eigenvalue weighted by molar-refractivity contribution is 7.20. The second-order valence-corrected chi connectivity index (χ2v) is 12.9. The molecule has 2 aliphatic rings. The summed E-state index contributed by atoms with van der Waals surface area (Å²) in [5.41, 5.74) is 3.67. The van der Waals surface area contributed by atoms with Gasteiger partial charge in [0.15, 0.2) is 10.9 Å². The standard InChI is InChI=1S/C29H33N9O3S2/c1-5-22-26(35(4)27-32-25(23(12-30)42-27)19-8-6-18(2)7-9-19)38-28(31-22)43-29(33-38)36-11-10-20(13-36)34(3)16-24(40)37-14-21(15-37)41-17-39/h6-9,17,20-21H,5,10-11,13-16H2,1-4H3/t20-/m1/s1. The number of benzene rings is 1. The van der Waals surface area contributed by atoms with Crippen LogP contribution in [0.25, 0.3) is 16.2 Å². The summed E-state index contributed by atoms with van der Waals surface area (Å²) in [5.74, 6) is 0.894. The van der Waals surface area contributed by atoms with Gasteiger partial charge < -0.3 is 19.4 Å². The predicted molar refractivity (Wildman–Crippen MR) is 166 cm³/mol. The number of imidazole rings is 1. The van der Waals surface area contributed by atoms with Crippen LogP contribution in [-0.4, -0.2) is 101 Å². The van der Waals surface area contributed by atoms with Gasteiger partial charge in [-0.15, -0.1) is 5.10 Å². The van der Waals surface area contributed by atoms with E-state index < -0.39 is 0 Å². The molecule has 0 saturated carbocycles. The third kappa shape index (κ3) is 5.55. The number of aromatic nitrogens is 4. The molecular weight excluding hydrogens is 587 g/mol. The zero-order valence-corrected chi connectivity index (χ0v) is 26.2. The lowest BCUT2D eigenvalue weighted by molar-refractivity contribution is -0.154. The number of nitriles is 1. The Hall–Kier alpha value is -4.06. The number of amides is 1. The first-order chi connectivity index (χ1) is 20.8. The molecule has 4 aromatic rings. The molecule has 43 heavy (non-hydrogen) atoms. The van der Waals surface area contributed by atoms with Gasteiger partial charge in [0.25, 0.3) is 6.47 Å². The molecule has 1 aromatic carbocycles. The fraction of sp³-hybridized carbons (Fsp3) is 0.448. The van der Waals surface area contributed by atoms with Crippen LogP contribution in [0.1, 0.15) is 29.5 Å². The second-order valence-electron chi connectivity index (χ2n) is 11.0. The van der Waals surface area contributed by atoms with E-state index in [-0.39, 0.29) is 18.1 Å². The average molecular weight is 620 g/mol. The molecule has 14 heteroatoms. The van der Waals surface area contributed by atoms with Gasteiger partial charge in [-0.3, -0.25) is 14.5 Å². The van der Waals surface area contributed by atoms with Gasteiger partial charge >= 0.3 is 0 Å². The lowest BCUT2D eigenvalue weighted by Gasteiger charge is -2.38. The highest BCUT2D eigenvalue weighted by Gasteiger charge is 2.35. The Labute approximate surface area is 257 Å². The van der Waals surface area contributed by atoms with Crippen molar-refractivity contribution in [3.8, 4) is 17.3 Å². The lowest BCUT2D eigenvalue weighted by Crippen LogP contribution is -2.57. The third-order valence-electron chi connectivity index (χ3n) is 8.11. The molecule has 0 radical (unpaired) electrons. The summed E-state index contributed by atoms with van der Waals surface area (Å²) in [6, 6.07) is 10.6. The van der Waals surface area contributed by atoms with Crippen molar-refractivity contribution in [1.82, 2.24) is 29.4 Å². The summed E-state index contributed by atoms with van der Waals surface area (Å²) in [6.07, 6.45) is 1.47. The molecule has 1 atom stereocenters. The van der Waals surface area contributed by atoms with Gasteiger partial charge in [0.1, 0.15) is 22.7 Å². The Morgan fingerprint density at radius 3 is 2.65 bits per heavy atom. The molecule has 0 N–H and O–H groups in total. The summed E-state index contributed by atoms with van der Waals surface area (Å²) < 4.78 is 6.80. The van der Waals surface area contributed by atoms with Crippen molar-refractivity contribution < 1.29 is 14.3 Å². The van der Waals surface area contributed by atoms with Crippen molar-refractivity contribution in [3.05, 3.63) is 40.4 Å². The average Bonchev–Trinajstić information content (AvgIpc) is 3.76. The number of hydrogen-bond donors (Lipinski definition) is 0. The van der Waals surface area contributed by atoms with Crippen LogP contribution >= 0.6 is 22.7 Å². The van der Waals surface area contributed by atoms with Crippen LogP contribution in [-0.2, 0) is 20.7 Å². The first-order valence-electron chi connectivity index (χ1n) is 14.2. The summed E-state index contributed by atoms with van der Waals surface area (Å²) in [6.45, 7) is 7.40. The molecule has 0 unspecified atom stereocenters. The van der Waals surface area contributed by atoms with Crippen LogP contribution in [0.4, 0.5) is 16.1 Å². The van der Waals surface area contributed by atoms with Crippen LogP contribution in [0.2, 0.25) is 0 Å². The molecule has 0 spiro atoms. The summed E-state index contributed by atoms with van der Waals surface area (Å²) >= 11 is 2.92. The highest BCUT2D eigenvalue weighted by atomic mass is 32.1. The Morgan fingerprint density at radius 1 is 1.19 bits per heavy atom. The Kier molecular flexibility index (Phi) is 8.04. The van der Waals surface area contributed by atoms with Crippen molar-refractivity contribution in [2.75, 3.05) is 56.6 Å². The van der Waals surface area contributed by atoms with E-state index in [1.54, 1.807) is 16.2 Å². The van der Waals surface area contributed by atoms with Gasteiger partial charge in [0, 0.05) is 31.7 Å². The highest BCUT2D eigenvalue weighted by Crippen LogP contribution is 2.38. The third-order valence-corrected chi connectivity index (χ3v) is 10.1. The van der Waals surface area contributed by atoms with Crippen LogP contribution in [0.5, 0.6) is 0 Å². The summed E-state index contributed by atoms with van der Waals surface area (Å²) in [5, 5.41) is 16.4. The quantitative estimate of drug-likeness (QED) is 0.244. The van der Waals surface area contributed by atoms with Crippen molar-refractivity contribution in [2.45, 2.75) is 38.8 Å². The maximum atomic E-state index is 12.7. The minimum atomic E-state index is -0.186. The van der Waals surface area contributed by atoms with Crippen LogP contribution in [0, 0.1) is 18.3 Å². The summed E-state index contributed by atoms with van der Waals surface area (Å²) in [4.78, 5) is 42.4. The number of carbonyl (C=O) groups is 2. The smallest absolute Gasteiger partial charge is 0.293 e. The van der Waals surface area contributed by atoms with E-state index >= 15 is 0 Å². The molecular formula is C29H33N9O3S2. The molecule has 12 nitrogen and oxygen atoms in total. The topological polar surface area (TPSA) is 123 Å². The number of carbonyl (C=O) groups excluding carboxylic acids is 2. The largest absolute Gasteiger partial charge is 0.461 e. The van der Waals surface area contributed by atoms with E-state index in [1.165, 1.54) is 11.3 Å². The van der Waals surface area contributed by atoms with E-state index in [0.29, 0.717) is 41.8 Å². The van der Waals surface area contributed by atoms with E-state index in [2.05, 4.69) is 22.8 Å². The number of anilines is 3.